The minimum Gasteiger partial charge on any atom is -0.378 e. The standard InChI is InChI=1S/C13H29N3O3S/c1-5-7-9-16(3)13(14-6-2)15-8-10-19-11-12-20(4,17)18/h5-12H2,1-4H3,(H,14,15). The van der Waals surface area contributed by atoms with E-state index in [4.69, 9.17) is 4.74 Å². The Bertz CT molecular complexity index is 369. The molecule has 0 aromatic carbocycles. The Hall–Kier alpha value is -0.820. The predicted octanol–water partition coefficient (Wildman–Crippen LogP) is 0.745. The minimum atomic E-state index is -2.94. The van der Waals surface area contributed by atoms with Crippen molar-refractivity contribution in [3.63, 3.8) is 0 Å². The molecule has 0 rings (SSSR count). The molecule has 0 saturated carbocycles. The Kier molecular flexibility index (Phi) is 10.5. The van der Waals surface area contributed by atoms with Gasteiger partial charge < -0.3 is 15.0 Å². The van der Waals surface area contributed by atoms with E-state index < -0.39 is 9.84 Å². The SMILES string of the molecule is CCCCN(C)C(=NCCOCCS(C)(=O)=O)NCC. The maximum absolute atomic E-state index is 10.9. The molecule has 0 unspecified atom stereocenters. The number of nitrogens with zero attached hydrogens (tertiary/aromatic N) is 2. The van der Waals surface area contributed by atoms with Gasteiger partial charge in [-0.05, 0) is 13.3 Å². The summed E-state index contributed by atoms with van der Waals surface area (Å²) in [4.78, 5) is 6.56. The molecule has 0 spiro atoms. The molecule has 0 saturated heterocycles. The molecule has 0 amide bonds. The van der Waals surface area contributed by atoms with Crippen molar-refractivity contribution in [3.8, 4) is 0 Å². The van der Waals surface area contributed by atoms with Crippen LogP contribution in [0.5, 0.6) is 0 Å². The van der Waals surface area contributed by atoms with E-state index >= 15 is 0 Å². The first-order chi connectivity index (χ1) is 9.40. The first kappa shape index (κ1) is 19.2. The number of guanidine groups is 1. The average molecular weight is 307 g/mol. The van der Waals surface area contributed by atoms with E-state index in [0.29, 0.717) is 13.2 Å². The normalized spacial score (nSPS) is 12.5. The Morgan fingerprint density at radius 1 is 1.30 bits per heavy atom. The molecule has 0 aromatic rings. The molecule has 1 N–H and O–H groups in total. The second-order valence-electron chi connectivity index (χ2n) is 4.75. The molecule has 6 nitrogen and oxygen atoms in total. The zero-order valence-electron chi connectivity index (χ0n) is 13.2. The van der Waals surface area contributed by atoms with Crippen molar-refractivity contribution in [1.29, 1.82) is 0 Å². The van der Waals surface area contributed by atoms with E-state index in [9.17, 15) is 8.42 Å². The molecule has 0 aromatic heterocycles. The molecule has 0 atom stereocenters. The van der Waals surface area contributed by atoms with Gasteiger partial charge in [-0.1, -0.05) is 13.3 Å². The Morgan fingerprint density at radius 2 is 2.00 bits per heavy atom. The monoisotopic (exact) mass is 307 g/mol. The van der Waals surface area contributed by atoms with Gasteiger partial charge in [0.25, 0.3) is 0 Å². The van der Waals surface area contributed by atoms with Crippen LogP contribution in [0.3, 0.4) is 0 Å². The van der Waals surface area contributed by atoms with Crippen LogP contribution >= 0.6 is 0 Å². The van der Waals surface area contributed by atoms with E-state index in [0.717, 1.165) is 31.9 Å². The van der Waals surface area contributed by atoms with E-state index in [1.807, 2.05) is 14.0 Å². The molecule has 120 valence electrons. The lowest BCUT2D eigenvalue weighted by atomic mass is 10.3. The van der Waals surface area contributed by atoms with Gasteiger partial charge in [0.15, 0.2) is 5.96 Å². The summed E-state index contributed by atoms with van der Waals surface area (Å²) in [5, 5.41) is 3.23. The van der Waals surface area contributed by atoms with Gasteiger partial charge in [-0.3, -0.25) is 4.99 Å². The Morgan fingerprint density at radius 3 is 2.55 bits per heavy atom. The van der Waals surface area contributed by atoms with E-state index in [1.165, 1.54) is 6.26 Å². The number of unbranched alkanes of at least 4 members (excludes halogenated alkanes) is 1. The fraction of sp³-hybridized carbons (Fsp3) is 0.923. The summed E-state index contributed by atoms with van der Waals surface area (Å²) >= 11 is 0. The molecule has 0 heterocycles. The topological polar surface area (TPSA) is 71.0 Å². The van der Waals surface area contributed by atoms with Gasteiger partial charge >= 0.3 is 0 Å². The molecule has 20 heavy (non-hydrogen) atoms. The molecule has 0 aliphatic rings. The summed E-state index contributed by atoms with van der Waals surface area (Å²) in [6, 6.07) is 0. The first-order valence-corrected chi connectivity index (χ1v) is 9.21. The summed E-state index contributed by atoms with van der Waals surface area (Å²) in [6.45, 7) is 7.19. The maximum atomic E-state index is 10.9. The lowest BCUT2D eigenvalue weighted by Gasteiger charge is -2.21. The maximum Gasteiger partial charge on any atom is 0.193 e. The van der Waals surface area contributed by atoms with Gasteiger partial charge in [-0.15, -0.1) is 0 Å². The van der Waals surface area contributed by atoms with Gasteiger partial charge in [0.2, 0.25) is 0 Å². The highest BCUT2D eigenvalue weighted by Crippen LogP contribution is 1.93. The smallest absolute Gasteiger partial charge is 0.193 e. The first-order valence-electron chi connectivity index (χ1n) is 7.15. The van der Waals surface area contributed by atoms with Crippen molar-refractivity contribution >= 4 is 15.8 Å². The van der Waals surface area contributed by atoms with Crippen LogP contribution in [-0.2, 0) is 14.6 Å². The van der Waals surface area contributed by atoms with Crippen LogP contribution in [0.25, 0.3) is 0 Å². The van der Waals surface area contributed by atoms with Crippen LogP contribution in [0.1, 0.15) is 26.7 Å². The summed E-state index contributed by atoms with van der Waals surface area (Å²) in [7, 11) is -0.926. The molecule has 0 radical (unpaired) electrons. The quantitative estimate of drug-likeness (QED) is 0.366. The summed E-state index contributed by atoms with van der Waals surface area (Å²) < 4.78 is 27.1. The van der Waals surface area contributed by atoms with Crippen LogP contribution in [0.15, 0.2) is 4.99 Å². The highest BCUT2D eigenvalue weighted by molar-refractivity contribution is 7.90. The van der Waals surface area contributed by atoms with E-state index in [-0.39, 0.29) is 12.4 Å². The van der Waals surface area contributed by atoms with Crippen molar-refractivity contribution < 1.29 is 13.2 Å². The van der Waals surface area contributed by atoms with Gasteiger partial charge in [0, 0.05) is 26.4 Å². The fourth-order valence-corrected chi connectivity index (χ4v) is 1.92. The predicted molar refractivity (Wildman–Crippen MR) is 84.0 cm³/mol. The van der Waals surface area contributed by atoms with Gasteiger partial charge in [-0.2, -0.15) is 0 Å². The molecule has 7 heteroatoms. The number of hydrogen-bond donors (Lipinski definition) is 1. The van der Waals surface area contributed by atoms with Gasteiger partial charge in [-0.25, -0.2) is 8.42 Å². The Balaban J connectivity index is 4.01. The van der Waals surface area contributed by atoms with Gasteiger partial charge in [0.05, 0.1) is 25.5 Å². The zero-order chi connectivity index (χ0) is 15.4. The van der Waals surface area contributed by atoms with Crippen molar-refractivity contribution in [2.24, 2.45) is 4.99 Å². The second kappa shape index (κ2) is 10.9. The zero-order valence-corrected chi connectivity index (χ0v) is 14.0. The van der Waals surface area contributed by atoms with Crippen LogP contribution in [-0.4, -0.2) is 71.2 Å². The number of ether oxygens (including phenoxy) is 1. The minimum absolute atomic E-state index is 0.0627. The Labute approximate surface area is 123 Å². The van der Waals surface area contributed by atoms with E-state index in [2.05, 4.69) is 22.1 Å². The molecule has 0 aliphatic carbocycles. The van der Waals surface area contributed by atoms with Gasteiger partial charge in [0.1, 0.15) is 9.84 Å². The second-order valence-corrected chi connectivity index (χ2v) is 7.01. The van der Waals surface area contributed by atoms with Crippen LogP contribution in [0.4, 0.5) is 0 Å². The number of rotatable bonds is 10. The lowest BCUT2D eigenvalue weighted by molar-refractivity contribution is 0.157. The van der Waals surface area contributed by atoms with Crippen molar-refractivity contribution in [2.45, 2.75) is 26.7 Å². The summed E-state index contributed by atoms with van der Waals surface area (Å²) in [5.41, 5.74) is 0. The largest absolute Gasteiger partial charge is 0.378 e. The number of sulfone groups is 1. The summed E-state index contributed by atoms with van der Waals surface area (Å²) in [6.07, 6.45) is 3.49. The van der Waals surface area contributed by atoms with Crippen molar-refractivity contribution in [3.05, 3.63) is 0 Å². The summed E-state index contributed by atoms with van der Waals surface area (Å²) in [5.74, 6) is 0.931. The molecule has 0 fully saturated rings. The number of hydrogen-bond acceptors (Lipinski definition) is 4. The van der Waals surface area contributed by atoms with Crippen molar-refractivity contribution in [2.75, 3.05) is 51.9 Å². The number of nitrogens with one attached hydrogen (secondary N) is 1. The van der Waals surface area contributed by atoms with Crippen LogP contribution in [0.2, 0.25) is 0 Å². The number of aliphatic imine (C=N–C) groups is 1. The third-order valence-corrected chi connectivity index (χ3v) is 3.55. The fourth-order valence-electron chi connectivity index (χ4n) is 1.50. The molecule has 0 bridgehead atoms. The lowest BCUT2D eigenvalue weighted by Crippen LogP contribution is -2.39. The highest BCUT2D eigenvalue weighted by atomic mass is 32.2. The third-order valence-electron chi connectivity index (χ3n) is 2.64. The third kappa shape index (κ3) is 11.0. The van der Waals surface area contributed by atoms with Crippen LogP contribution < -0.4 is 5.32 Å². The average Bonchev–Trinajstić information content (AvgIpc) is 2.37. The van der Waals surface area contributed by atoms with E-state index in [1.54, 1.807) is 0 Å². The van der Waals surface area contributed by atoms with Crippen LogP contribution in [0, 0.1) is 0 Å². The molecule has 0 aliphatic heterocycles. The molecular formula is C13H29N3O3S. The van der Waals surface area contributed by atoms with Crippen molar-refractivity contribution in [1.82, 2.24) is 10.2 Å². The molecular weight excluding hydrogens is 278 g/mol. The highest BCUT2D eigenvalue weighted by Gasteiger charge is 2.04.